The van der Waals surface area contributed by atoms with Crippen LogP contribution in [-0.2, 0) is 0 Å². The molecule has 1 unspecified atom stereocenters. The van der Waals surface area contributed by atoms with Crippen LogP contribution in [0, 0.1) is 6.92 Å². The van der Waals surface area contributed by atoms with Gasteiger partial charge in [-0.2, -0.15) is 11.8 Å². The third-order valence-electron chi connectivity index (χ3n) is 2.72. The predicted molar refractivity (Wildman–Crippen MR) is 63.9 cm³/mol. The first-order chi connectivity index (χ1) is 6.88. The predicted octanol–water partition coefficient (Wildman–Crippen LogP) is 2.76. The quantitative estimate of drug-likeness (QED) is 0.760. The topological polar surface area (TPSA) is 12.0 Å². The SMILES string of the molecule is Cc1ccccc1C1CCNCCS1. The molecular weight excluding hydrogens is 190 g/mol. The molecule has 1 atom stereocenters. The van der Waals surface area contributed by atoms with E-state index in [0.29, 0.717) is 5.25 Å². The van der Waals surface area contributed by atoms with Crippen molar-refractivity contribution < 1.29 is 0 Å². The van der Waals surface area contributed by atoms with E-state index in [1.54, 1.807) is 0 Å². The van der Waals surface area contributed by atoms with Crippen molar-refractivity contribution in [3.8, 4) is 0 Å². The van der Waals surface area contributed by atoms with Gasteiger partial charge in [0.1, 0.15) is 0 Å². The van der Waals surface area contributed by atoms with Gasteiger partial charge in [-0.15, -0.1) is 0 Å². The first-order valence-corrected chi connectivity index (χ1v) is 6.30. The van der Waals surface area contributed by atoms with E-state index in [1.165, 1.54) is 23.3 Å². The lowest BCUT2D eigenvalue weighted by molar-refractivity contribution is 0.686. The van der Waals surface area contributed by atoms with Gasteiger partial charge in [0.05, 0.1) is 0 Å². The first kappa shape index (κ1) is 10.1. The van der Waals surface area contributed by atoms with Gasteiger partial charge in [0, 0.05) is 17.5 Å². The molecule has 2 rings (SSSR count). The van der Waals surface area contributed by atoms with Crippen molar-refractivity contribution in [1.82, 2.24) is 5.32 Å². The molecule has 1 N–H and O–H groups in total. The number of benzene rings is 1. The third kappa shape index (κ3) is 2.31. The van der Waals surface area contributed by atoms with E-state index in [-0.39, 0.29) is 0 Å². The molecular formula is C12H17NS. The van der Waals surface area contributed by atoms with Crippen LogP contribution in [0.2, 0.25) is 0 Å². The highest BCUT2D eigenvalue weighted by molar-refractivity contribution is 7.99. The highest BCUT2D eigenvalue weighted by Crippen LogP contribution is 2.34. The van der Waals surface area contributed by atoms with E-state index < -0.39 is 0 Å². The Kier molecular flexibility index (Phi) is 3.49. The fraction of sp³-hybridized carbons (Fsp3) is 0.500. The molecule has 0 spiro atoms. The largest absolute Gasteiger partial charge is 0.316 e. The Morgan fingerprint density at radius 3 is 3.00 bits per heavy atom. The smallest absolute Gasteiger partial charge is 0.0312 e. The second-order valence-electron chi connectivity index (χ2n) is 3.75. The summed E-state index contributed by atoms with van der Waals surface area (Å²) in [7, 11) is 0. The number of hydrogen-bond donors (Lipinski definition) is 1. The van der Waals surface area contributed by atoms with E-state index in [9.17, 15) is 0 Å². The first-order valence-electron chi connectivity index (χ1n) is 5.26. The molecule has 0 saturated carbocycles. The molecule has 1 nitrogen and oxygen atoms in total. The van der Waals surface area contributed by atoms with Gasteiger partial charge in [0.25, 0.3) is 0 Å². The summed E-state index contributed by atoms with van der Waals surface area (Å²) in [6.07, 6.45) is 1.26. The van der Waals surface area contributed by atoms with Gasteiger partial charge in [-0.3, -0.25) is 0 Å². The Morgan fingerprint density at radius 2 is 2.14 bits per heavy atom. The molecule has 1 aromatic rings. The summed E-state index contributed by atoms with van der Waals surface area (Å²) in [6.45, 7) is 4.53. The van der Waals surface area contributed by atoms with Crippen molar-refractivity contribution in [2.24, 2.45) is 0 Å². The lowest BCUT2D eigenvalue weighted by Crippen LogP contribution is -2.15. The molecule has 1 aliphatic rings. The number of hydrogen-bond acceptors (Lipinski definition) is 2. The van der Waals surface area contributed by atoms with Gasteiger partial charge in [0.2, 0.25) is 0 Å². The Bertz CT molecular complexity index is 290. The maximum absolute atomic E-state index is 3.45. The highest BCUT2D eigenvalue weighted by Gasteiger charge is 2.15. The van der Waals surface area contributed by atoms with Crippen LogP contribution in [0.5, 0.6) is 0 Å². The van der Waals surface area contributed by atoms with Crippen molar-refractivity contribution in [2.75, 3.05) is 18.8 Å². The number of thioether (sulfide) groups is 1. The molecule has 0 bridgehead atoms. The fourth-order valence-corrected chi connectivity index (χ4v) is 3.18. The van der Waals surface area contributed by atoms with Crippen LogP contribution >= 0.6 is 11.8 Å². The van der Waals surface area contributed by atoms with E-state index in [4.69, 9.17) is 0 Å². The van der Waals surface area contributed by atoms with Gasteiger partial charge in [-0.1, -0.05) is 24.3 Å². The summed E-state index contributed by atoms with van der Waals surface area (Å²) in [6, 6.07) is 8.77. The van der Waals surface area contributed by atoms with E-state index in [2.05, 4.69) is 48.3 Å². The van der Waals surface area contributed by atoms with Crippen molar-refractivity contribution in [1.29, 1.82) is 0 Å². The molecule has 76 valence electrons. The summed E-state index contributed by atoms with van der Waals surface area (Å²) in [5, 5.41) is 4.15. The number of aryl methyl sites for hydroxylation is 1. The molecule has 1 aromatic carbocycles. The Labute approximate surface area is 90.3 Å². The van der Waals surface area contributed by atoms with E-state index in [1.807, 2.05) is 0 Å². The minimum atomic E-state index is 0.700. The van der Waals surface area contributed by atoms with Gasteiger partial charge >= 0.3 is 0 Å². The Morgan fingerprint density at radius 1 is 1.29 bits per heavy atom. The van der Waals surface area contributed by atoms with Crippen LogP contribution in [0.4, 0.5) is 0 Å². The van der Waals surface area contributed by atoms with Gasteiger partial charge in [-0.05, 0) is 31.0 Å². The molecule has 14 heavy (non-hydrogen) atoms. The fourth-order valence-electron chi connectivity index (χ4n) is 1.91. The maximum atomic E-state index is 3.45. The zero-order chi connectivity index (χ0) is 9.80. The Balaban J connectivity index is 2.16. The van der Waals surface area contributed by atoms with Crippen molar-refractivity contribution >= 4 is 11.8 Å². The van der Waals surface area contributed by atoms with Gasteiger partial charge in [0.15, 0.2) is 0 Å². The zero-order valence-electron chi connectivity index (χ0n) is 8.62. The summed E-state index contributed by atoms with van der Waals surface area (Å²) in [4.78, 5) is 0. The Hall–Kier alpha value is -0.470. The average Bonchev–Trinajstić information content (AvgIpc) is 2.47. The molecule has 0 radical (unpaired) electrons. The van der Waals surface area contributed by atoms with Crippen LogP contribution in [0.25, 0.3) is 0 Å². The van der Waals surface area contributed by atoms with Crippen molar-refractivity contribution in [3.05, 3.63) is 35.4 Å². The lowest BCUT2D eigenvalue weighted by Gasteiger charge is -2.15. The monoisotopic (exact) mass is 207 g/mol. The maximum Gasteiger partial charge on any atom is 0.0312 e. The summed E-state index contributed by atoms with van der Waals surface area (Å²) in [5.41, 5.74) is 2.97. The second kappa shape index (κ2) is 4.85. The molecule has 1 heterocycles. The molecule has 2 heteroatoms. The summed E-state index contributed by atoms with van der Waals surface area (Å²) >= 11 is 2.09. The lowest BCUT2D eigenvalue weighted by atomic mass is 10.0. The highest BCUT2D eigenvalue weighted by atomic mass is 32.2. The van der Waals surface area contributed by atoms with Crippen LogP contribution < -0.4 is 5.32 Å². The molecule has 0 amide bonds. The van der Waals surface area contributed by atoms with Crippen LogP contribution in [0.1, 0.15) is 22.8 Å². The van der Waals surface area contributed by atoms with Crippen molar-refractivity contribution in [3.63, 3.8) is 0 Å². The molecule has 1 fully saturated rings. The normalized spacial score (nSPS) is 23.1. The second-order valence-corrected chi connectivity index (χ2v) is 5.07. The van der Waals surface area contributed by atoms with Gasteiger partial charge in [-0.25, -0.2) is 0 Å². The van der Waals surface area contributed by atoms with Crippen molar-refractivity contribution in [2.45, 2.75) is 18.6 Å². The van der Waals surface area contributed by atoms with E-state index in [0.717, 1.165) is 13.1 Å². The van der Waals surface area contributed by atoms with Gasteiger partial charge < -0.3 is 5.32 Å². The van der Waals surface area contributed by atoms with Crippen LogP contribution in [-0.4, -0.2) is 18.8 Å². The summed E-state index contributed by atoms with van der Waals surface area (Å²) < 4.78 is 0. The third-order valence-corrected chi connectivity index (χ3v) is 4.05. The zero-order valence-corrected chi connectivity index (χ0v) is 9.44. The van der Waals surface area contributed by atoms with Crippen LogP contribution in [0.15, 0.2) is 24.3 Å². The van der Waals surface area contributed by atoms with E-state index >= 15 is 0 Å². The number of nitrogens with one attached hydrogen (secondary N) is 1. The molecule has 0 aliphatic carbocycles. The average molecular weight is 207 g/mol. The minimum absolute atomic E-state index is 0.700. The summed E-state index contributed by atoms with van der Waals surface area (Å²) in [5.74, 6) is 1.24. The van der Waals surface area contributed by atoms with Crippen LogP contribution in [0.3, 0.4) is 0 Å². The molecule has 1 saturated heterocycles. The minimum Gasteiger partial charge on any atom is -0.316 e. The molecule has 1 aliphatic heterocycles. The molecule has 0 aromatic heterocycles. The number of rotatable bonds is 1. The standard InChI is InChI=1S/C12H17NS/c1-10-4-2-3-5-11(10)12-6-7-13-8-9-14-12/h2-5,12-13H,6-9H2,1H3.